The molecule has 0 bridgehead atoms. The second kappa shape index (κ2) is 7.50. The zero-order valence-electron chi connectivity index (χ0n) is 11.3. The Morgan fingerprint density at radius 2 is 2.21 bits per heavy atom. The molecule has 0 spiro atoms. The van der Waals surface area contributed by atoms with Gasteiger partial charge in [-0.25, -0.2) is 0 Å². The fraction of sp³-hybridized carbons (Fsp3) is 0.692. The Morgan fingerprint density at radius 3 is 2.84 bits per heavy atom. The maximum absolute atomic E-state index is 11.6. The van der Waals surface area contributed by atoms with E-state index in [0.717, 1.165) is 5.69 Å². The molecule has 108 valence electrons. The lowest BCUT2D eigenvalue weighted by atomic mass is 9.87. The fourth-order valence-corrected chi connectivity index (χ4v) is 2.51. The average Bonchev–Trinajstić information content (AvgIpc) is 2.77. The topological polar surface area (TPSA) is 83.8 Å². The van der Waals surface area contributed by atoms with Crippen molar-refractivity contribution in [2.75, 3.05) is 5.32 Å². The van der Waals surface area contributed by atoms with Crippen molar-refractivity contribution in [3.63, 3.8) is 0 Å². The molecule has 1 fully saturated rings. The molecule has 1 amide bonds. The van der Waals surface area contributed by atoms with E-state index in [1.54, 1.807) is 0 Å². The highest BCUT2D eigenvalue weighted by atomic mass is 35.5. The van der Waals surface area contributed by atoms with Crippen molar-refractivity contribution in [1.29, 1.82) is 0 Å². The summed E-state index contributed by atoms with van der Waals surface area (Å²) in [5, 5.41) is 9.95. The number of nitrogens with zero attached hydrogens (tertiary/aromatic N) is 1. The standard InChI is InChI=1S/C13H22N4O.ClH/c1-9(14)7-13(18)15-12-8-11(16-17-12)10-5-3-2-4-6-10;/h8-10H,2-7,14H2,1H3,(H2,15,16,17,18);1H. The summed E-state index contributed by atoms with van der Waals surface area (Å²) < 4.78 is 0. The monoisotopic (exact) mass is 286 g/mol. The lowest BCUT2D eigenvalue weighted by Gasteiger charge is -2.19. The van der Waals surface area contributed by atoms with Crippen molar-refractivity contribution in [2.24, 2.45) is 5.73 Å². The van der Waals surface area contributed by atoms with Crippen LogP contribution in [0.4, 0.5) is 5.82 Å². The van der Waals surface area contributed by atoms with Crippen LogP contribution in [0.5, 0.6) is 0 Å². The minimum atomic E-state index is -0.123. The SMILES string of the molecule is CC(N)CC(=O)Nc1cc(C2CCCCC2)[nH]n1.Cl. The molecule has 1 aliphatic rings. The molecule has 1 aromatic rings. The summed E-state index contributed by atoms with van der Waals surface area (Å²) in [7, 11) is 0. The molecule has 1 aliphatic carbocycles. The lowest BCUT2D eigenvalue weighted by molar-refractivity contribution is -0.116. The number of carbonyl (C=O) groups excluding carboxylic acids is 1. The number of hydrogen-bond donors (Lipinski definition) is 3. The number of halogens is 1. The van der Waals surface area contributed by atoms with E-state index in [4.69, 9.17) is 5.73 Å². The molecule has 5 nitrogen and oxygen atoms in total. The van der Waals surface area contributed by atoms with Gasteiger partial charge in [-0.2, -0.15) is 5.10 Å². The van der Waals surface area contributed by atoms with Gasteiger partial charge in [-0.05, 0) is 19.8 Å². The summed E-state index contributed by atoms with van der Waals surface area (Å²) in [4.78, 5) is 11.6. The number of aromatic nitrogens is 2. The molecule has 0 saturated heterocycles. The second-order valence-corrected chi connectivity index (χ2v) is 5.27. The van der Waals surface area contributed by atoms with Crippen LogP contribution in [0.25, 0.3) is 0 Å². The number of hydrogen-bond acceptors (Lipinski definition) is 3. The van der Waals surface area contributed by atoms with Gasteiger partial charge >= 0.3 is 0 Å². The summed E-state index contributed by atoms with van der Waals surface area (Å²) in [6.45, 7) is 1.82. The third kappa shape index (κ3) is 4.84. The van der Waals surface area contributed by atoms with Gasteiger partial charge in [0.1, 0.15) is 0 Å². The van der Waals surface area contributed by atoms with Gasteiger partial charge in [0.25, 0.3) is 0 Å². The maximum Gasteiger partial charge on any atom is 0.227 e. The van der Waals surface area contributed by atoms with Gasteiger partial charge in [0.15, 0.2) is 5.82 Å². The van der Waals surface area contributed by atoms with E-state index >= 15 is 0 Å². The third-order valence-electron chi connectivity index (χ3n) is 3.42. The maximum atomic E-state index is 11.6. The zero-order valence-corrected chi connectivity index (χ0v) is 12.1. The number of anilines is 1. The summed E-state index contributed by atoms with van der Waals surface area (Å²) in [5.41, 5.74) is 6.72. The van der Waals surface area contributed by atoms with Crippen molar-refractivity contribution < 1.29 is 4.79 Å². The van der Waals surface area contributed by atoms with Crippen LogP contribution in [0.3, 0.4) is 0 Å². The van der Waals surface area contributed by atoms with Gasteiger partial charge < -0.3 is 11.1 Å². The van der Waals surface area contributed by atoms with Gasteiger partial charge in [0, 0.05) is 30.1 Å². The van der Waals surface area contributed by atoms with E-state index in [-0.39, 0.29) is 24.4 Å². The van der Waals surface area contributed by atoms with E-state index in [2.05, 4.69) is 15.5 Å². The highest BCUT2D eigenvalue weighted by Gasteiger charge is 2.18. The largest absolute Gasteiger partial charge is 0.327 e. The van der Waals surface area contributed by atoms with Gasteiger partial charge in [0.2, 0.25) is 5.91 Å². The minimum Gasteiger partial charge on any atom is -0.327 e. The number of nitrogens with two attached hydrogens (primary N) is 1. The number of carbonyl (C=O) groups is 1. The summed E-state index contributed by atoms with van der Waals surface area (Å²) in [6.07, 6.45) is 6.67. The molecule has 2 rings (SSSR count). The van der Waals surface area contributed by atoms with E-state index in [1.807, 2.05) is 13.0 Å². The molecule has 0 aliphatic heterocycles. The molecule has 1 unspecified atom stereocenters. The number of rotatable bonds is 4. The number of amides is 1. The molecule has 6 heteroatoms. The van der Waals surface area contributed by atoms with Crippen molar-refractivity contribution >= 4 is 24.1 Å². The van der Waals surface area contributed by atoms with Gasteiger partial charge in [0.05, 0.1) is 0 Å². The number of H-pyrrole nitrogens is 1. The molecule has 4 N–H and O–H groups in total. The molecule has 1 heterocycles. The normalized spacial score (nSPS) is 17.6. The second-order valence-electron chi connectivity index (χ2n) is 5.27. The Bertz CT molecular complexity index is 399. The predicted octanol–water partition coefficient (Wildman–Crippen LogP) is 2.56. The fourth-order valence-electron chi connectivity index (χ4n) is 2.51. The van der Waals surface area contributed by atoms with E-state index in [0.29, 0.717) is 18.2 Å². The van der Waals surface area contributed by atoms with Crippen molar-refractivity contribution in [3.8, 4) is 0 Å². The number of aromatic amines is 1. The van der Waals surface area contributed by atoms with Crippen LogP contribution in [-0.4, -0.2) is 22.1 Å². The molecule has 1 saturated carbocycles. The smallest absolute Gasteiger partial charge is 0.227 e. The van der Waals surface area contributed by atoms with E-state index < -0.39 is 0 Å². The minimum absolute atomic E-state index is 0. The van der Waals surface area contributed by atoms with Crippen LogP contribution in [0.1, 0.15) is 57.1 Å². The molecular formula is C13H23ClN4O. The van der Waals surface area contributed by atoms with Crippen LogP contribution < -0.4 is 11.1 Å². The molecule has 0 radical (unpaired) electrons. The Kier molecular flexibility index (Phi) is 6.31. The Hall–Kier alpha value is -1.07. The van der Waals surface area contributed by atoms with Crippen LogP contribution in [0.15, 0.2) is 6.07 Å². The Morgan fingerprint density at radius 1 is 1.53 bits per heavy atom. The highest BCUT2D eigenvalue weighted by Crippen LogP contribution is 2.32. The van der Waals surface area contributed by atoms with Crippen molar-refractivity contribution in [3.05, 3.63) is 11.8 Å². The molecule has 0 aromatic carbocycles. The first-order valence-electron chi connectivity index (χ1n) is 6.76. The average molecular weight is 287 g/mol. The van der Waals surface area contributed by atoms with Crippen molar-refractivity contribution in [1.82, 2.24) is 10.2 Å². The van der Waals surface area contributed by atoms with E-state index in [9.17, 15) is 4.79 Å². The Labute approximate surface area is 120 Å². The molecular weight excluding hydrogens is 264 g/mol. The third-order valence-corrected chi connectivity index (χ3v) is 3.42. The van der Waals surface area contributed by atoms with E-state index in [1.165, 1.54) is 32.1 Å². The first-order chi connectivity index (χ1) is 8.65. The quantitative estimate of drug-likeness (QED) is 0.795. The molecule has 19 heavy (non-hydrogen) atoms. The first-order valence-corrected chi connectivity index (χ1v) is 6.76. The van der Waals surface area contributed by atoms with Crippen LogP contribution in [0.2, 0.25) is 0 Å². The number of nitrogens with one attached hydrogen (secondary N) is 2. The molecule has 1 aromatic heterocycles. The summed E-state index contributed by atoms with van der Waals surface area (Å²) >= 11 is 0. The van der Waals surface area contributed by atoms with Crippen molar-refractivity contribution in [2.45, 2.75) is 57.4 Å². The lowest BCUT2D eigenvalue weighted by Crippen LogP contribution is -2.24. The van der Waals surface area contributed by atoms with Crippen LogP contribution >= 0.6 is 12.4 Å². The predicted molar refractivity (Wildman–Crippen MR) is 78.6 cm³/mol. The summed E-state index contributed by atoms with van der Waals surface area (Å²) in [5.74, 6) is 1.11. The van der Waals surface area contributed by atoms with Gasteiger partial charge in [-0.1, -0.05) is 19.3 Å². The Balaban J connectivity index is 0.00000180. The van der Waals surface area contributed by atoms with Crippen LogP contribution in [0, 0.1) is 0 Å². The molecule has 1 atom stereocenters. The summed E-state index contributed by atoms with van der Waals surface area (Å²) in [6, 6.07) is 1.83. The zero-order chi connectivity index (χ0) is 13.0. The van der Waals surface area contributed by atoms with Crippen LogP contribution in [-0.2, 0) is 4.79 Å². The first kappa shape index (κ1) is 16.0. The van der Waals surface area contributed by atoms with Gasteiger partial charge in [-0.3, -0.25) is 9.89 Å². The highest BCUT2D eigenvalue weighted by molar-refractivity contribution is 5.90. The van der Waals surface area contributed by atoms with Gasteiger partial charge in [-0.15, -0.1) is 12.4 Å².